The van der Waals surface area contributed by atoms with E-state index in [4.69, 9.17) is 0 Å². The maximum atomic E-state index is 13.1. The second-order valence-corrected chi connectivity index (χ2v) is 9.50. The van der Waals surface area contributed by atoms with Gasteiger partial charge in [-0.2, -0.15) is 17.5 Å². The van der Waals surface area contributed by atoms with Gasteiger partial charge in [-0.3, -0.25) is 0 Å². The third-order valence-corrected chi connectivity index (χ3v) is 8.01. The molecule has 1 saturated carbocycles. The lowest BCUT2D eigenvalue weighted by Gasteiger charge is -2.33. The number of halogens is 3. The Morgan fingerprint density at radius 2 is 1.80 bits per heavy atom. The molecule has 0 radical (unpaired) electrons. The molecule has 0 spiro atoms. The molecule has 2 aromatic rings. The monoisotopic (exact) mass is 391 g/mol. The number of hydrogen-bond donors (Lipinski definition) is 0. The molecule has 0 atom stereocenters. The molecule has 0 bridgehead atoms. The third kappa shape index (κ3) is 3.11. The predicted octanol–water partition coefficient (Wildman–Crippen LogP) is 2.93. The summed E-state index contributed by atoms with van der Waals surface area (Å²) in [6.07, 6.45) is -3.00. The zero-order chi connectivity index (χ0) is 17.8. The number of sulfonamides is 1. The van der Waals surface area contributed by atoms with Crippen LogP contribution >= 0.6 is 11.3 Å². The molecule has 0 unspecified atom stereocenters. The minimum atomic E-state index is -4.44. The zero-order valence-electron chi connectivity index (χ0n) is 13.2. The first-order valence-electron chi connectivity index (χ1n) is 7.97. The van der Waals surface area contributed by atoms with Crippen molar-refractivity contribution in [2.75, 3.05) is 31.1 Å². The Hall–Kier alpha value is -1.39. The summed E-state index contributed by atoms with van der Waals surface area (Å²) < 4.78 is 65.8. The van der Waals surface area contributed by atoms with Gasteiger partial charge in [0, 0.05) is 26.2 Å². The van der Waals surface area contributed by atoms with Gasteiger partial charge in [0.25, 0.3) is 0 Å². The van der Waals surface area contributed by atoms with Gasteiger partial charge in [0.1, 0.15) is 0 Å². The number of piperazine rings is 1. The van der Waals surface area contributed by atoms with E-state index in [1.54, 1.807) is 6.07 Å². The van der Waals surface area contributed by atoms with Crippen LogP contribution in [-0.4, -0.2) is 49.1 Å². The van der Waals surface area contributed by atoms with Crippen LogP contribution in [-0.2, 0) is 16.2 Å². The molecule has 1 aliphatic carbocycles. The van der Waals surface area contributed by atoms with Gasteiger partial charge in [0.2, 0.25) is 10.0 Å². The molecule has 1 saturated heterocycles. The average Bonchev–Trinajstić information content (AvgIpc) is 3.33. The van der Waals surface area contributed by atoms with Gasteiger partial charge in [-0.15, -0.1) is 0 Å². The van der Waals surface area contributed by atoms with Crippen molar-refractivity contribution < 1.29 is 21.6 Å². The number of anilines is 1. The second kappa shape index (κ2) is 5.82. The first kappa shape index (κ1) is 17.0. The fraction of sp³-hybridized carbons (Fsp3) is 0.533. The van der Waals surface area contributed by atoms with Crippen molar-refractivity contribution in [3.05, 3.63) is 23.8 Å². The van der Waals surface area contributed by atoms with Crippen LogP contribution in [0, 0.1) is 0 Å². The summed E-state index contributed by atoms with van der Waals surface area (Å²) in [6.45, 7) is 1.57. The molecular formula is C15H16F3N3O2S2. The Bertz CT molecular complexity index is 898. The Balaban J connectivity index is 1.55. The van der Waals surface area contributed by atoms with Crippen molar-refractivity contribution in [2.24, 2.45) is 0 Å². The summed E-state index contributed by atoms with van der Waals surface area (Å²) in [7, 11) is -3.20. The van der Waals surface area contributed by atoms with Crippen molar-refractivity contribution in [1.82, 2.24) is 9.29 Å². The van der Waals surface area contributed by atoms with Crippen LogP contribution in [0.15, 0.2) is 18.2 Å². The van der Waals surface area contributed by atoms with Crippen molar-refractivity contribution in [2.45, 2.75) is 24.3 Å². The maximum Gasteiger partial charge on any atom is 0.418 e. The number of benzene rings is 1. The molecule has 10 heteroatoms. The summed E-state index contributed by atoms with van der Waals surface area (Å²) in [6, 6.07) is 4.04. The molecule has 5 nitrogen and oxygen atoms in total. The molecule has 1 aromatic carbocycles. The van der Waals surface area contributed by atoms with Crippen molar-refractivity contribution in [1.29, 1.82) is 0 Å². The van der Waals surface area contributed by atoms with Crippen LogP contribution in [0.5, 0.6) is 0 Å². The smallest absolute Gasteiger partial charge is 0.345 e. The number of alkyl halides is 3. The highest BCUT2D eigenvalue weighted by molar-refractivity contribution is 7.90. The molecule has 25 heavy (non-hydrogen) atoms. The topological polar surface area (TPSA) is 53.5 Å². The van der Waals surface area contributed by atoms with E-state index in [0.29, 0.717) is 36.0 Å². The van der Waals surface area contributed by atoms with Crippen LogP contribution in [0.2, 0.25) is 0 Å². The van der Waals surface area contributed by atoms with Gasteiger partial charge in [-0.1, -0.05) is 17.4 Å². The SMILES string of the molecule is O=S(=O)(C1CC1)N1CCN(c2nc3c(C(F)(F)F)cccc3s2)CC1. The Morgan fingerprint density at radius 3 is 2.40 bits per heavy atom. The van der Waals surface area contributed by atoms with Crippen LogP contribution in [0.4, 0.5) is 18.3 Å². The Labute approximate surface area is 147 Å². The van der Waals surface area contributed by atoms with E-state index in [0.717, 1.165) is 18.9 Å². The van der Waals surface area contributed by atoms with E-state index >= 15 is 0 Å². The molecule has 1 aliphatic heterocycles. The fourth-order valence-electron chi connectivity index (χ4n) is 3.01. The molecule has 0 N–H and O–H groups in total. The second-order valence-electron chi connectivity index (χ2n) is 6.28. The normalized spacial score (nSPS) is 20.4. The van der Waals surface area contributed by atoms with Gasteiger partial charge >= 0.3 is 6.18 Å². The quantitative estimate of drug-likeness (QED) is 0.807. The van der Waals surface area contributed by atoms with Crippen molar-refractivity contribution >= 4 is 36.7 Å². The van der Waals surface area contributed by atoms with E-state index in [9.17, 15) is 21.6 Å². The number of rotatable bonds is 3. The Kier molecular flexibility index (Phi) is 3.97. The minimum absolute atomic E-state index is 0.0389. The highest BCUT2D eigenvalue weighted by Crippen LogP contribution is 2.39. The molecular weight excluding hydrogens is 375 g/mol. The van der Waals surface area contributed by atoms with Crippen molar-refractivity contribution in [3.63, 3.8) is 0 Å². The van der Waals surface area contributed by atoms with E-state index in [2.05, 4.69) is 4.98 Å². The molecule has 136 valence electrons. The third-order valence-electron chi connectivity index (χ3n) is 4.53. The standard InChI is InChI=1S/C15H16F3N3O2S2/c16-15(17,18)11-2-1-3-12-13(11)19-14(24-12)20-6-8-21(9-7-20)25(22,23)10-4-5-10/h1-3,10H,4-9H2. The van der Waals surface area contributed by atoms with Crippen LogP contribution in [0.3, 0.4) is 0 Å². The van der Waals surface area contributed by atoms with E-state index in [1.807, 2.05) is 4.90 Å². The number of fused-ring (bicyclic) bond motifs is 1. The highest BCUT2D eigenvalue weighted by atomic mass is 32.2. The maximum absolute atomic E-state index is 13.1. The molecule has 4 rings (SSSR count). The Morgan fingerprint density at radius 1 is 1.12 bits per heavy atom. The lowest BCUT2D eigenvalue weighted by Crippen LogP contribution is -2.49. The molecule has 2 heterocycles. The van der Waals surface area contributed by atoms with Gasteiger partial charge in [-0.25, -0.2) is 13.4 Å². The first-order chi connectivity index (χ1) is 11.8. The summed E-state index contributed by atoms with van der Waals surface area (Å²) in [5.41, 5.74) is -0.773. The largest absolute Gasteiger partial charge is 0.418 e. The number of hydrogen-bond acceptors (Lipinski definition) is 5. The van der Waals surface area contributed by atoms with Crippen LogP contribution in [0.25, 0.3) is 10.2 Å². The zero-order valence-corrected chi connectivity index (χ0v) is 14.8. The van der Waals surface area contributed by atoms with Crippen molar-refractivity contribution in [3.8, 4) is 0 Å². The van der Waals surface area contributed by atoms with E-state index in [-0.39, 0.29) is 10.8 Å². The lowest BCUT2D eigenvalue weighted by molar-refractivity contribution is -0.136. The van der Waals surface area contributed by atoms with Gasteiger partial charge < -0.3 is 4.90 Å². The minimum Gasteiger partial charge on any atom is -0.345 e. The summed E-state index contributed by atoms with van der Waals surface area (Å²) >= 11 is 1.21. The summed E-state index contributed by atoms with van der Waals surface area (Å²) in [4.78, 5) is 6.06. The fourth-order valence-corrected chi connectivity index (χ4v) is 5.88. The molecule has 0 amide bonds. The van der Waals surface area contributed by atoms with Crippen LogP contribution < -0.4 is 4.90 Å². The van der Waals surface area contributed by atoms with Gasteiger partial charge in [-0.05, 0) is 25.0 Å². The lowest BCUT2D eigenvalue weighted by atomic mass is 10.2. The average molecular weight is 391 g/mol. The van der Waals surface area contributed by atoms with Crippen LogP contribution in [0.1, 0.15) is 18.4 Å². The predicted molar refractivity (Wildman–Crippen MR) is 90.3 cm³/mol. The summed E-state index contributed by atoms with van der Waals surface area (Å²) in [5, 5.41) is 0.269. The number of nitrogens with zero attached hydrogens (tertiary/aromatic N) is 3. The number of thiazole rings is 1. The molecule has 2 aliphatic rings. The number of para-hydroxylation sites is 1. The van der Waals surface area contributed by atoms with Gasteiger partial charge in [0.05, 0.1) is 21.0 Å². The molecule has 1 aromatic heterocycles. The molecule has 2 fully saturated rings. The van der Waals surface area contributed by atoms with E-state index in [1.165, 1.54) is 21.7 Å². The van der Waals surface area contributed by atoms with E-state index < -0.39 is 21.8 Å². The van der Waals surface area contributed by atoms with Gasteiger partial charge in [0.15, 0.2) is 5.13 Å². The number of aromatic nitrogens is 1. The first-order valence-corrected chi connectivity index (χ1v) is 10.3. The summed E-state index contributed by atoms with van der Waals surface area (Å²) in [5.74, 6) is 0. The highest BCUT2D eigenvalue weighted by Gasteiger charge is 2.41.